The highest BCUT2D eigenvalue weighted by molar-refractivity contribution is 7.16. The van der Waals surface area contributed by atoms with Gasteiger partial charge < -0.3 is 5.32 Å². The van der Waals surface area contributed by atoms with E-state index in [0.717, 1.165) is 10.4 Å². The molecule has 5 aromatic rings. The molecule has 4 heterocycles. The van der Waals surface area contributed by atoms with Crippen molar-refractivity contribution in [3.05, 3.63) is 110 Å². The maximum Gasteiger partial charge on any atom is 0.254 e. The van der Waals surface area contributed by atoms with E-state index in [4.69, 9.17) is 16.7 Å². The molecule has 208 valence electrons. The molecule has 0 saturated carbocycles. The summed E-state index contributed by atoms with van der Waals surface area (Å²) >= 11 is 7.56. The van der Waals surface area contributed by atoms with Crippen molar-refractivity contribution in [2.75, 3.05) is 5.32 Å². The van der Waals surface area contributed by atoms with Crippen LogP contribution in [0.3, 0.4) is 0 Å². The van der Waals surface area contributed by atoms with E-state index in [1.54, 1.807) is 30.5 Å². The Balaban J connectivity index is 1.64. The third-order valence-electron chi connectivity index (χ3n) is 6.41. The number of ketones is 1. The molecule has 0 aliphatic carbocycles. The van der Waals surface area contributed by atoms with Gasteiger partial charge >= 0.3 is 0 Å². The molecule has 5 rings (SSSR count). The van der Waals surface area contributed by atoms with Gasteiger partial charge in [-0.25, -0.2) is 0 Å². The van der Waals surface area contributed by atoms with Gasteiger partial charge in [-0.2, -0.15) is 9.78 Å². The molecular weight excluding hydrogens is 558 g/mol. The monoisotopic (exact) mass is 585 g/mol. The fourth-order valence-corrected chi connectivity index (χ4v) is 5.38. The minimum absolute atomic E-state index is 0.186. The van der Waals surface area contributed by atoms with E-state index in [2.05, 4.69) is 10.3 Å². The van der Waals surface area contributed by atoms with Crippen LogP contribution in [0.25, 0.3) is 22.5 Å². The molecule has 8 nitrogen and oxygen atoms in total. The number of Topliss-reactive ketones (excluding diaryl/α,β-unsaturated/α-hetero) is 1. The van der Waals surface area contributed by atoms with Gasteiger partial charge in [0.05, 0.1) is 28.8 Å². The number of rotatable bonds is 8. The summed E-state index contributed by atoms with van der Waals surface area (Å²) in [6.07, 6.45) is 3.07. The lowest BCUT2D eigenvalue weighted by Gasteiger charge is -2.18. The van der Waals surface area contributed by atoms with Gasteiger partial charge in [-0.3, -0.25) is 23.9 Å². The van der Waals surface area contributed by atoms with Crippen molar-refractivity contribution in [2.45, 2.75) is 33.9 Å². The molecule has 41 heavy (non-hydrogen) atoms. The predicted octanol–water partition coefficient (Wildman–Crippen LogP) is 6.67. The minimum Gasteiger partial charge on any atom is -0.365 e. The van der Waals surface area contributed by atoms with Crippen molar-refractivity contribution in [3.8, 4) is 22.5 Å². The van der Waals surface area contributed by atoms with Crippen molar-refractivity contribution in [2.24, 2.45) is 5.41 Å². The lowest BCUT2D eigenvalue weighted by Crippen LogP contribution is -2.29. The van der Waals surface area contributed by atoms with Gasteiger partial charge in [-0.1, -0.05) is 62.7 Å². The first-order valence-corrected chi connectivity index (χ1v) is 14.2. The zero-order chi connectivity index (χ0) is 29.1. The van der Waals surface area contributed by atoms with Crippen molar-refractivity contribution in [1.29, 1.82) is 0 Å². The molecule has 1 N–H and O–H groups in total. The zero-order valence-corrected chi connectivity index (χ0v) is 24.4. The Hall–Kier alpha value is -4.34. The lowest BCUT2D eigenvalue weighted by molar-refractivity contribution is 0.0752. The van der Waals surface area contributed by atoms with Crippen LogP contribution in [0.15, 0.2) is 90.0 Å². The third kappa shape index (κ3) is 6.21. The van der Waals surface area contributed by atoms with Gasteiger partial charge in [-0.15, -0.1) is 11.3 Å². The molecule has 0 saturated heterocycles. The van der Waals surface area contributed by atoms with Gasteiger partial charge in [0.15, 0.2) is 5.78 Å². The van der Waals surface area contributed by atoms with Crippen LogP contribution in [0.1, 0.15) is 40.8 Å². The molecule has 0 aliphatic heterocycles. The Labute approximate surface area is 246 Å². The van der Waals surface area contributed by atoms with Gasteiger partial charge in [-0.05, 0) is 35.9 Å². The Bertz CT molecular complexity index is 1770. The number of thiophene rings is 1. The summed E-state index contributed by atoms with van der Waals surface area (Å²) < 4.78 is 3.50. The van der Waals surface area contributed by atoms with Crippen LogP contribution in [-0.2, 0) is 13.1 Å². The predicted molar refractivity (Wildman–Crippen MR) is 163 cm³/mol. The van der Waals surface area contributed by atoms with E-state index in [9.17, 15) is 14.4 Å². The maximum absolute atomic E-state index is 13.5. The highest BCUT2D eigenvalue weighted by atomic mass is 35.5. The number of nitrogens with zero attached hydrogens (tertiary/aromatic N) is 4. The van der Waals surface area contributed by atoms with Crippen LogP contribution >= 0.6 is 22.9 Å². The Morgan fingerprint density at radius 2 is 1.78 bits per heavy atom. The van der Waals surface area contributed by atoms with Crippen LogP contribution < -0.4 is 10.9 Å². The quantitative estimate of drug-likeness (QED) is 0.204. The molecular formula is C31H28ClN5O3S. The van der Waals surface area contributed by atoms with E-state index >= 15 is 0 Å². The Morgan fingerprint density at radius 1 is 1.00 bits per heavy atom. The first-order chi connectivity index (χ1) is 19.6. The number of anilines is 1. The molecule has 0 unspecified atom stereocenters. The summed E-state index contributed by atoms with van der Waals surface area (Å²) in [5, 5.41) is 8.06. The summed E-state index contributed by atoms with van der Waals surface area (Å²) in [6, 6.07) is 21.4. The van der Waals surface area contributed by atoms with Crippen LogP contribution in [0.5, 0.6) is 0 Å². The second-order valence-corrected chi connectivity index (χ2v) is 12.3. The van der Waals surface area contributed by atoms with Crippen molar-refractivity contribution < 1.29 is 9.59 Å². The topological polar surface area (TPSA) is 98.9 Å². The van der Waals surface area contributed by atoms with Crippen molar-refractivity contribution in [3.63, 3.8) is 0 Å². The number of carbonyl (C=O) groups excluding carboxylic acids is 2. The number of benzene rings is 1. The SMILES string of the molecule is CC(C)(C)C(=O)n1nc(-c2ccc(=O)n(CC(=O)c3cccnc3)c2-c2ccccc2)cc1NCc1ccc(Cl)s1. The first kappa shape index (κ1) is 28.2. The van der Waals surface area contributed by atoms with Crippen LogP contribution in [0.2, 0.25) is 4.34 Å². The van der Waals surface area contributed by atoms with Gasteiger partial charge in [0.2, 0.25) is 0 Å². The fourth-order valence-electron chi connectivity index (χ4n) is 4.35. The molecule has 10 heteroatoms. The fraction of sp³-hybridized carbons (Fsp3) is 0.194. The number of halogens is 1. The largest absolute Gasteiger partial charge is 0.365 e. The van der Waals surface area contributed by atoms with Crippen LogP contribution in [0.4, 0.5) is 5.82 Å². The maximum atomic E-state index is 13.5. The van der Waals surface area contributed by atoms with Crippen LogP contribution in [-0.4, -0.2) is 31.0 Å². The van der Waals surface area contributed by atoms with E-state index in [-0.39, 0.29) is 23.8 Å². The molecule has 0 atom stereocenters. The number of hydrogen-bond acceptors (Lipinski definition) is 7. The summed E-state index contributed by atoms with van der Waals surface area (Å²) in [5.41, 5.74) is 1.72. The molecule has 4 aromatic heterocycles. The Morgan fingerprint density at radius 3 is 2.44 bits per heavy atom. The number of aromatic nitrogens is 4. The molecule has 0 aliphatic rings. The summed E-state index contributed by atoms with van der Waals surface area (Å²) in [4.78, 5) is 44.9. The van der Waals surface area contributed by atoms with Gasteiger partial charge in [0.25, 0.3) is 11.5 Å². The second-order valence-electron chi connectivity index (χ2n) is 10.5. The minimum atomic E-state index is -0.705. The summed E-state index contributed by atoms with van der Waals surface area (Å²) in [5.74, 6) is 0.0596. The zero-order valence-electron chi connectivity index (χ0n) is 22.8. The van der Waals surface area contributed by atoms with Crippen LogP contribution in [0, 0.1) is 5.41 Å². The second kappa shape index (κ2) is 11.6. The van der Waals surface area contributed by atoms with Gasteiger partial charge in [0.1, 0.15) is 5.82 Å². The molecule has 0 fully saturated rings. The molecule has 1 aromatic carbocycles. The summed E-state index contributed by atoms with van der Waals surface area (Å²) in [6.45, 7) is 5.76. The number of carbonyl (C=O) groups is 2. The van der Waals surface area contributed by atoms with Crippen molar-refractivity contribution >= 4 is 40.4 Å². The van der Waals surface area contributed by atoms with E-state index in [0.29, 0.717) is 39.2 Å². The van der Waals surface area contributed by atoms with E-state index in [1.165, 1.54) is 32.8 Å². The van der Waals surface area contributed by atoms with Crippen molar-refractivity contribution in [1.82, 2.24) is 19.3 Å². The van der Waals surface area contributed by atoms with E-state index < -0.39 is 5.41 Å². The first-order valence-electron chi connectivity index (χ1n) is 13.0. The average molecular weight is 586 g/mol. The molecule has 0 amide bonds. The lowest BCUT2D eigenvalue weighted by atomic mass is 9.96. The highest BCUT2D eigenvalue weighted by Gasteiger charge is 2.28. The molecule has 0 bridgehead atoms. The van der Waals surface area contributed by atoms with E-state index in [1.807, 2.05) is 63.2 Å². The Kier molecular flexibility index (Phi) is 8.01. The number of pyridine rings is 2. The van der Waals surface area contributed by atoms with Gasteiger partial charge in [0, 0.05) is 45.9 Å². The average Bonchev–Trinajstić information content (AvgIpc) is 3.58. The third-order valence-corrected chi connectivity index (χ3v) is 7.64. The summed E-state index contributed by atoms with van der Waals surface area (Å²) in [7, 11) is 0. The molecule has 0 radical (unpaired) electrons. The normalized spacial score (nSPS) is 11.4. The number of hydrogen-bond donors (Lipinski definition) is 1. The highest BCUT2D eigenvalue weighted by Crippen LogP contribution is 2.33. The standard InChI is InChI=1S/C31H28ClN5O3S/c1-31(2,3)30(40)37-27(34-18-22-11-13-26(32)41-22)16-24(35-37)23-12-14-28(39)36(29(23)20-8-5-4-6-9-20)19-25(38)21-10-7-15-33-17-21/h4-17,34H,18-19H2,1-3H3. The number of nitrogens with one attached hydrogen (secondary N) is 1. The smallest absolute Gasteiger partial charge is 0.254 e. The molecule has 0 spiro atoms.